The molecule has 10 heteroatoms. The highest BCUT2D eigenvalue weighted by atomic mass is 35.5. The average Bonchev–Trinajstić information content (AvgIpc) is 3.15. The number of fused-ring (bicyclic) bond motifs is 1. The van der Waals surface area contributed by atoms with Crippen LogP contribution in [0.1, 0.15) is 34.6 Å². The van der Waals surface area contributed by atoms with E-state index in [9.17, 15) is 19.2 Å². The Morgan fingerprint density at radius 2 is 1.63 bits per heavy atom. The number of hydrogen-bond donors (Lipinski definition) is 0. The van der Waals surface area contributed by atoms with E-state index in [0.29, 0.717) is 33.2 Å². The summed E-state index contributed by atoms with van der Waals surface area (Å²) in [5.74, 6) is -3.12. The third kappa shape index (κ3) is 5.07. The van der Waals surface area contributed by atoms with Crippen molar-refractivity contribution in [1.82, 2.24) is 4.90 Å². The lowest BCUT2D eigenvalue weighted by Gasteiger charge is -2.35. The molecule has 4 rings (SSSR count). The number of para-hydroxylation sites is 1. The molecule has 0 aliphatic carbocycles. The number of hydrogen-bond acceptors (Lipinski definition) is 8. The molecule has 0 radical (unpaired) electrons. The molecular weight excluding hydrogens is 512 g/mol. The summed E-state index contributed by atoms with van der Waals surface area (Å²) < 4.78 is 16.2. The summed E-state index contributed by atoms with van der Waals surface area (Å²) in [5.41, 5.74) is 2.30. The van der Waals surface area contributed by atoms with Gasteiger partial charge in [-0.15, -0.1) is 0 Å². The Kier molecular flexibility index (Phi) is 8.29. The summed E-state index contributed by atoms with van der Waals surface area (Å²) >= 11 is 6.50. The zero-order valence-corrected chi connectivity index (χ0v) is 22.0. The molecule has 9 nitrogen and oxygen atoms in total. The number of nitrogens with zero attached hydrogens (tertiary/aromatic N) is 2. The molecule has 0 aromatic heterocycles. The third-order valence-corrected chi connectivity index (χ3v) is 6.59. The predicted octanol–water partition coefficient (Wildman–Crippen LogP) is 3.98. The highest BCUT2D eigenvalue weighted by Gasteiger charge is 2.39. The molecule has 2 aromatic carbocycles. The van der Waals surface area contributed by atoms with Crippen LogP contribution < -0.4 is 4.90 Å². The second-order valence-electron chi connectivity index (χ2n) is 8.54. The van der Waals surface area contributed by atoms with Crippen LogP contribution in [-0.2, 0) is 23.8 Å². The maximum Gasteiger partial charge on any atom is 0.337 e. The van der Waals surface area contributed by atoms with Crippen LogP contribution in [-0.4, -0.2) is 62.1 Å². The molecule has 0 bridgehead atoms. The van der Waals surface area contributed by atoms with Crippen LogP contribution in [0, 0.1) is 5.92 Å². The number of ether oxygens (including phenoxy) is 3. The highest BCUT2D eigenvalue weighted by Crippen LogP contribution is 2.38. The van der Waals surface area contributed by atoms with Crippen molar-refractivity contribution in [2.45, 2.75) is 13.8 Å². The first-order chi connectivity index (χ1) is 18.3. The number of benzene rings is 2. The van der Waals surface area contributed by atoms with Gasteiger partial charge in [-0.1, -0.05) is 35.9 Å². The first-order valence-corrected chi connectivity index (χ1v) is 12.4. The lowest BCUT2D eigenvalue weighted by molar-refractivity contribution is -0.147. The summed E-state index contributed by atoms with van der Waals surface area (Å²) in [6, 6.07) is 13.7. The maximum atomic E-state index is 13.1. The molecule has 2 aliphatic heterocycles. The van der Waals surface area contributed by atoms with Gasteiger partial charge in [0.2, 0.25) is 0 Å². The topological polar surface area (TPSA) is 102 Å². The molecule has 0 saturated carbocycles. The number of allylic oxidation sites excluding steroid dienone is 1. The van der Waals surface area contributed by atoms with Crippen molar-refractivity contribution < 1.29 is 33.4 Å². The summed E-state index contributed by atoms with van der Waals surface area (Å²) in [5, 5.41) is 0.420. The Morgan fingerprint density at radius 1 is 1.00 bits per heavy atom. The van der Waals surface area contributed by atoms with E-state index in [1.165, 1.54) is 7.11 Å². The van der Waals surface area contributed by atoms with Crippen molar-refractivity contribution >= 4 is 41.0 Å². The Labute approximate surface area is 225 Å². The van der Waals surface area contributed by atoms with Crippen molar-refractivity contribution in [3.05, 3.63) is 87.7 Å². The van der Waals surface area contributed by atoms with E-state index < -0.39 is 17.9 Å². The lowest BCUT2D eigenvalue weighted by Crippen LogP contribution is -2.37. The number of imide groups is 1. The Hall–Kier alpha value is -3.95. The number of halogens is 1. The molecule has 0 saturated heterocycles. The molecule has 0 fully saturated rings. The molecule has 2 aromatic rings. The summed E-state index contributed by atoms with van der Waals surface area (Å²) in [4.78, 5) is 54.0. The molecule has 2 aliphatic rings. The molecule has 0 spiro atoms. The van der Waals surface area contributed by atoms with E-state index in [4.69, 9.17) is 25.8 Å². The van der Waals surface area contributed by atoms with E-state index in [0.717, 1.165) is 4.90 Å². The van der Waals surface area contributed by atoms with Gasteiger partial charge in [0.05, 0.1) is 66.6 Å². The van der Waals surface area contributed by atoms with Gasteiger partial charge in [-0.05, 0) is 44.2 Å². The van der Waals surface area contributed by atoms with Crippen LogP contribution >= 0.6 is 11.6 Å². The van der Waals surface area contributed by atoms with E-state index in [1.54, 1.807) is 73.4 Å². The zero-order chi connectivity index (χ0) is 27.4. The van der Waals surface area contributed by atoms with Gasteiger partial charge in [0.15, 0.2) is 0 Å². The second kappa shape index (κ2) is 11.6. The van der Waals surface area contributed by atoms with Gasteiger partial charge in [-0.3, -0.25) is 19.3 Å². The first kappa shape index (κ1) is 27.1. The van der Waals surface area contributed by atoms with Crippen LogP contribution in [0.15, 0.2) is 71.6 Å². The average molecular weight is 539 g/mol. The number of amides is 2. The fourth-order valence-corrected chi connectivity index (χ4v) is 4.78. The number of rotatable bonds is 9. The molecule has 2 amide bonds. The van der Waals surface area contributed by atoms with Gasteiger partial charge in [0, 0.05) is 5.70 Å². The van der Waals surface area contributed by atoms with Gasteiger partial charge in [-0.25, -0.2) is 4.79 Å². The lowest BCUT2D eigenvalue weighted by atomic mass is 9.91. The number of methoxy groups -OCH3 is 1. The van der Waals surface area contributed by atoms with E-state index in [2.05, 4.69) is 0 Å². The van der Waals surface area contributed by atoms with Gasteiger partial charge >= 0.3 is 11.9 Å². The fourth-order valence-electron chi connectivity index (χ4n) is 4.56. The second-order valence-corrected chi connectivity index (χ2v) is 8.94. The van der Waals surface area contributed by atoms with Crippen molar-refractivity contribution in [1.29, 1.82) is 0 Å². The van der Waals surface area contributed by atoms with E-state index >= 15 is 0 Å². The van der Waals surface area contributed by atoms with Gasteiger partial charge < -0.3 is 19.1 Å². The molecule has 0 N–H and O–H groups in total. The van der Waals surface area contributed by atoms with Crippen molar-refractivity contribution in [3.8, 4) is 0 Å². The van der Waals surface area contributed by atoms with Crippen molar-refractivity contribution in [2.75, 3.05) is 38.4 Å². The molecular formula is C28H27ClN2O7. The molecule has 38 heavy (non-hydrogen) atoms. The van der Waals surface area contributed by atoms with Crippen LogP contribution in [0.3, 0.4) is 0 Å². The number of esters is 2. The van der Waals surface area contributed by atoms with E-state index in [-0.39, 0.29) is 43.8 Å². The Morgan fingerprint density at radius 3 is 2.24 bits per heavy atom. The standard InChI is InChI=1S/C28H27ClN2O7/c1-4-38-28(35)24-20(27(34)36-3)15-17(2)31(22-12-8-7-11-21(22)29)23(24)16-37-14-13-30-25(32)18-9-5-6-10-19(18)26(30)33/h5-12,15,20H,4,13-14,16H2,1-3H3/t20-/m0/s1. The maximum absolute atomic E-state index is 13.1. The third-order valence-electron chi connectivity index (χ3n) is 6.27. The van der Waals surface area contributed by atoms with E-state index in [1.807, 2.05) is 0 Å². The van der Waals surface area contributed by atoms with Crippen molar-refractivity contribution in [2.24, 2.45) is 5.92 Å². The van der Waals surface area contributed by atoms with Gasteiger partial charge in [0.1, 0.15) is 5.92 Å². The number of anilines is 1. The van der Waals surface area contributed by atoms with Crippen LogP contribution in [0.4, 0.5) is 5.69 Å². The Bertz CT molecular complexity index is 1320. The zero-order valence-electron chi connectivity index (χ0n) is 21.2. The molecule has 1 atom stereocenters. The van der Waals surface area contributed by atoms with Crippen LogP contribution in [0.25, 0.3) is 0 Å². The monoisotopic (exact) mass is 538 g/mol. The SMILES string of the molecule is CCOC(=O)C1=C(COCCN2C(=O)c3ccccc3C2=O)N(c2ccccc2Cl)C(C)=C[C@@H]1C(=O)OC. The normalized spacial score (nSPS) is 16.9. The highest BCUT2D eigenvalue weighted by molar-refractivity contribution is 6.33. The minimum absolute atomic E-state index is 0.00686. The quantitative estimate of drug-likeness (QED) is 0.268. The number of carbonyl (C=O) groups is 4. The van der Waals surface area contributed by atoms with Gasteiger partial charge in [-0.2, -0.15) is 0 Å². The minimum Gasteiger partial charge on any atom is -0.468 e. The van der Waals surface area contributed by atoms with Crippen molar-refractivity contribution in [3.63, 3.8) is 0 Å². The summed E-state index contributed by atoms with van der Waals surface area (Å²) in [6.45, 7) is 3.41. The summed E-state index contributed by atoms with van der Waals surface area (Å²) in [6.07, 6.45) is 1.61. The van der Waals surface area contributed by atoms with Gasteiger partial charge in [0.25, 0.3) is 11.8 Å². The minimum atomic E-state index is -1.02. The molecule has 2 heterocycles. The molecule has 198 valence electrons. The Balaban J connectivity index is 1.63. The first-order valence-electron chi connectivity index (χ1n) is 12.0. The smallest absolute Gasteiger partial charge is 0.337 e. The molecule has 0 unspecified atom stereocenters. The predicted molar refractivity (Wildman–Crippen MR) is 139 cm³/mol. The number of carbonyl (C=O) groups excluding carboxylic acids is 4. The fraction of sp³-hybridized carbons (Fsp3) is 0.286. The largest absolute Gasteiger partial charge is 0.468 e. The summed E-state index contributed by atoms with van der Waals surface area (Å²) in [7, 11) is 1.24. The van der Waals surface area contributed by atoms with Crippen LogP contribution in [0.2, 0.25) is 5.02 Å². The van der Waals surface area contributed by atoms with Crippen LogP contribution in [0.5, 0.6) is 0 Å².